The van der Waals surface area contributed by atoms with Crippen LogP contribution in [0, 0.1) is 5.41 Å². The number of likely N-dealkylation sites (tertiary alicyclic amines) is 1. The molecule has 0 aromatic rings. The Bertz CT molecular complexity index is 333. The monoisotopic (exact) mass is 286 g/mol. The Morgan fingerprint density at radius 2 is 1.47 bits per heavy atom. The molecule has 2 N–H and O–H groups in total. The summed E-state index contributed by atoms with van der Waals surface area (Å²) in [5.74, 6) is 0.252. The van der Waals surface area contributed by atoms with Gasteiger partial charge in [0.15, 0.2) is 0 Å². The fourth-order valence-electron chi connectivity index (χ4n) is 4.35. The summed E-state index contributed by atoms with van der Waals surface area (Å²) in [6.07, 6.45) is 12.0. The highest BCUT2D eigenvalue weighted by Gasteiger charge is 2.46. The first-order chi connectivity index (χ1) is 8.64. The molecule has 3 rings (SSSR count). The highest BCUT2D eigenvalue weighted by Crippen LogP contribution is 2.44. The van der Waals surface area contributed by atoms with Crippen LogP contribution < -0.4 is 5.73 Å². The maximum Gasteiger partial charge on any atom is 0.242 e. The molecule has 110 valence electrons. The Labute approximate surface area is 122 Å². The van der Waals surface area contributed by atoms with E-state index in [1.807, 2.05) is 0 Å². The van der Waals surface area contributed by atoms with Crippen molar-refractivity contribution in [3.8, 4) is 0 Å². The second-order valence-corrected chi connectivity index (χ2v) is 6.90. The number of amides is 1. The number of nitrogens with two attached hydrogens (primary N) is 1. The Morgan fingerprint density at radius 1 is 0.895 bits per heavy atom. The van der Waals surface area contributed by atoms with Crippen LogP contribution in [0.15, 0.2) is 0 Å². The Kier molecular flexibility index (Phi) is 4.46. The first-order valence-electron chi connectivity index (χ1n) is 7.72. The number of hydrogen-bond donors (Lipinski definition) is 1. The van der Waals surface area contributed by atoms with Gasteiger partial charge in [0.05, 0.1) is 5.54 Å². The minimum Gasteiger partial charge on any atom is -0.341 e. The van der Waals surface area contributed by atoms with Gasteiger partial charge in [0.2, 0.25) is 5.91 Å². The molecular weight excluding hydrogens is 260 g/mol. The third-order valence-corrected chi connectivity index (χ3v) is 5.56. The summed E-state index contributed by atoms with van der Waals surface area (Å²) in [7, 11) is 0. The lowest BCUT2D eigenvalue weighted by Crippen LogP contribution is -2.53. The van der Waals surface area contributed by atoms with Crippen molar-refractivity contribution < 1.29 is 4.79 Å². The molecule has 0 aromatic carbocycles. The lowest BCUT2D eigenvalue weighted by Gasteiger charge is -2.34. The van der Waals surface area contributed by atoms with Crippen molar-refractivity contribution in [1.82, 2.24) is 4.90 Å². The summed E-state index contributed by atoms with van der Waals surface area (Å²) in [6.45, 7) is 1.95. The van der Waals surface area contributed by atoms with E-state index in [0.717, 1.165) is 38.8 Å². The molecule has 0 bridgehead atoms. The van der Waals surface area contributed by atoms with Crippen LogP contribution in [0.5, 0.6) is 0 Å². The van der Waals surface area contributed by atoms with Gasteiger partial charge in [-0.2, -0.15) is 0 Å². The van der Waals surface area contributed by atoms with Gasteiger partial charge in [-0.25, -0.2) is 0 Å². The Balaban J connectivity index is 0.00000133. The molecule has 0 unspecified atom stereocenters. The van der Waals surface area contributed by atoms with E-state index in [1.165, 1.54) is 38.5 Å². The van der Waals surface area contributed by atoms with Crippen LogP contribution in [0.3, 0.4) is 0 Å². The number of nitrogens with zero attached hydrogens (tertiary/aromatic N) is 1. The number of rotatable bonds is 1. The molecule has 0 aromatic heterocycles. The van der Waals surface area contributed by atoms with E-state index >= 15 is 0 Å². The Hall–Kier alpha value is -0.280. The predicted molar refractivity (Wildman–Crippen MR) is 79.3 cm³/mol. The topological polar surface area (TPSA) is 46.3 Å². The van der Waals surface area contributed by atoms with Crippen LogP contribution in [0.1, 0.15) is 64.2 Å². The molecule has 3 aliphatic rings. The minimum atomic E-state index is -0.514. The zero-order valence-corrected chi connectivity index (χ0v) is 12.6. The summed E-state index contributed by atoms with van der Waals surface area (Å²) >= 11 is 0. The fourth-order valence-corrected chi connectivity index (χ4v) is 4.35. The molecule has 3 fully saturated rings. The molecule has 1 amide bonds. The molecule has 0 atom stereocenters. The van der Waals surface area contributed by atoms with Gasteiger partial charge in [-0.1, -0.05) is 32.1 Å². The highest BCUT2D eigenvalue weighted by molar-refractivity contribution is 5.86. The summed E-state index contributed by atoms with van der Waals surface area (Å²) in [6, 6.07) is 0. The number of halogens is 1. The van der Waals surface area contributed by atoms with E-state index in [1.54, 1.807) is 0 Å². The predicted octanol–water partition coefficient (Wildman–Crippen LogP) is 2.86. The smallest absolute Gasteiger partial charge is 0.242 e. The van der Waals surface area contributed by atoms with Crippen molar-refractivity contribution in [2.75, 3.05) is 13.1 Å². The number of hydrogen-bond acceptors (Lipinski definition) is 2. The summed E-state index contributed by atoms with van der Waals surface area (Å²) in [4.78, 5) is 14.7. The van der Waals surface area contributed by atoms with Crippen molar-refractivity contribution >= 4 is 18.3 Å². The molecule has 0 radical (unpaired) electrons. The van der Waals surface area contributed by atoms with Crippen LogP contribution >= 0.6 is 12.4 Å². The molecule has 3 nitrogen and oxygen atoms in total. The molecule has 4 heteroatoms. The lowest BCUT2D eigenvalue weighted by atomic mass is 9.73. The average molecular weight is 287 g/mol. The molecule has 1 aliphatic heterocycles. The van der Waals surface area contributed by atoms with Crippen molar-refractivity contribution in [3.05, 3.63) is 0 Å². The summed E-state index contributed by atoms with van der Waals surface area (Å²) < 4.78 is 0. The zero-order valence-electron chi connectivity index (χ0n) is 11.8. The third-order valence-electron chi connectivity index (χ3n) is 5.56. The molecule has 2 saturated carbocycles. The van der Waals surface area contributed by atoms with Crippen molar-refractivity contribution in [2.24, 2.45) is 11.1 Å². The zero-order chi connectivity index (χ0) is 12.6. The number of carbonyl (C=O) groups excluding carboxylic acids is 1. The first-order valence-corrected chi connectivity index (χ1v) is 7.72. The fraction of sp³-hybridized carbons (Fsp3) is 0.933. The summed E-state index contributed by atoms with van der Waals surface area (Å²) in [5, 5.41) is 0. The van der Waals surface area contributed by atoms with E-state index in [0.29, 0.717) is 5.41 Å². The SMILES string of the molecule is Cl.NC1(C(=O)N2CCC3(CCCCC3)C2)CCCC1. The largest absolute Gasteiger partial charge is 0.341 e. The van der Waals surface area contributed by atoms with Crippen molar-refractivity contribution in [3.63, 3.8) is 0 Å². The van der Waals surface area contributed by atoms with E-state index in [9.17, 15) is 4.79 Å². The second kappa shape index (κ2) is 5.61. The molecule has 19 heavy (non-hydrogen) atoms. The standard InChI is InChI=1S/C15H26N2O.ClH/c16-15(8-4-5-9-15)13(18)17-11-10-14(12-17)6-2-1-3-7-14;/h1-12,16H2;1H. The normalized spacial score (nSPS) is 28.4. The Morgan fingerprint density at radius 3 is 2.11 bits per heavy atom. The van der Waals surface area contributed by atoms with Gasteiger partial charge in [-0.3, -0.25) is 4.79 Å². The van der Waals surface area contributed by atoms with E-state index in [2.05, 4.69) is 4.90 Å². The maximum atomic E-state index is 12.6. The molecular formula is C15H27ClN2O. The van der Waals surface area contributed by atoms with Crippen molar-refractivity contribution in [1.29, 1.82) is 0 Å². The van der Waals surface area contributed by atoms with Gasteiger partial charge in [0, 0.05) is 13.1 Å². The van der Waals surface area contributed by atoms with Crippen molar-refractivity contribution in [2.45, 2.75) is 69.7 Å². The van der Waals surface area contributed by atoms with Gasteiger partial charge in [-0.05, 0) is 37.5 Å². The van der Waals surface area contributed by atoms with Gasteiger partial charge in [-0.15, -0.1) is 12.4 Å². The van der Waals surface area contributed by atoms with Gasteiger partial charge in [0.25, 0.3) is 0 Å². The van der Waals surface area contributed by atoms with Gasteiger partial charge in [0.1, 0.15) is 0 Å². The van der Waals surface area contributed by atoms with E-state index < -0.39 is 5.54 Å². The average Bonchev–Trinajstić information content (AvgIpc) is 2.98. The number of carbonyl (C=O) groups is 1. The molecule has 1 spiro atoms. The molecule has 2 aliphatic carbocycles. The first kappa shape index (κ1) is 15.1. The lowest BCUT2D eigenvalue weighted by molar-refractivity contribution is -0.136. The van der Waals surface area contributed by atoms with Crippen LogP contribution in [0.2, 0.25) is 0 Å². The van der Waals surface area contributed by atoms with E-state index in [4.69, 9.17) is 5.73 Å². The third kappa shape index (κ3) is 2.78. The van der Waals surface area contributed by atoms with Gasteiger partial charge < -0.3 is 10.6 Å². The highest BCUT2D eigenvalue weighted by atomic mass is 35.5. The minimum absolute atomic E-state index is 0. The molecule has 1 heterocycles. The second-order valence-electron chi connectivity index (χ2n) is 6.90. The van der Waals surface area contributed by atoms with Crippen LogP contribution in [0.25, 0.3) is 0 Å². The molecule has 1 saturated heterocycles. The van der Waals surface area contributed by atoms with Crippen LogP contribution in [-0.4, -0.2) is 29.4 Å². The maximum absolute atomic E-state index is 12.6. The van der Waals surface area contributed by atoms with Crippen LogP contribution in [0.4, 0.5) is 0 Å². The summed E-state index contributed by atoms with van der Waals surface area (Å²) in [5.41, 5.74) is 6.26. The quantitative estimate of drug-likeness (QED) is 0.806. The van der Waals surface area contributed by atoms with Gasteiger partial charge >= 0.3 is 0 Å². The van der Waals surface area contributed by atoms with Crippen LogP contribution in [-0.2, 0) is 4.79 Å². The van der Waals surface area contributed by atoms with E-state index in [-0.39, 0.29) is 18.3 Å².